The third-order valence-electron chi connectivity index (χ3n) is 4.61. The van der Waals surface area contributed by atoms with Gasteiger partial charge in [0.05, 0.1) is 10.6 Å². The van der Waals surface area contributed by atoms with Gasteiger partial charge >= 0.3 is 0 Å². The average molecular weight is 384 g/mol. The lowest BCUT2D eigenvalue weighted by Gasteiger charge is -2.08. The van der Waals surface area contributed by atoms with E-state index in [-0.39, 0.29) is 12.7 Å². The van der Waals surface area contributed by atoms with Crippen molar-refractivity contribution in [2.75, 3.05) is 12.1 Å². The summed E-state index contributed by atoms with van der Waals surface area (Å²) >= 11 is 3.04. The fourth-order valence-corrected chi connectivity index (χ4v) is 5.14. The van der Waals surface area contributed by atoms with Crippen LogP contribution in [0.3, 0.4) is 0 Å². The molecule has 1 aromatic carbocycles. The smallest absolute Gasteiger partial charge is 0.267 e. The summed E-state index contributed by atoms with van der Waals surface area (Å²) in [5, 5.41) is 5.48. The van der Waals surface area contributed by atoms with Crippen LogP contribution >= 0.6 is 22.7 Å². The molecule has 0 spiro atoms. The van der Waals surface area contributed by atoms with Gasteiger partial charge in [-0.05, 0) is 55.5 Å². The van der Waals surface area contributed by atoms with Crippen molar-refractivity contribution in [1.82, 2.24) is 4.98 Å². The zero-order valence-electron chi connectivity index (χ0n) is 13.9. The van der Waals surface area contributed by atoms with Gasteiger partial charge in [0.1, 0.15) is 0 Å². The van der Waals surface area contributed by atoms with E-state index in [0.29, 0.717) is 5.13 Å². The number of fused-ring (bicyclic) bond motifs is 2. The number of ether oxygens (including phenoxy) is 2. The summed E-state index contributed by atoms with van der Waals surface area (Å²) in [6, 6.07) is 7.78. The number of carbonyl (C=O) groups excluding carboxylic acids is 1. The Morgan fingerprint density at radius 2 is 2.00 bits per heavy atom. The molecule has 0 radical (unpaired) electrons. The zero-order valence-corrected chi connectivity index (χ0v) is 15.5. The lowest BCUT2D eigenvalue weighted by molar-refractivity contribution is 0.103. The first kappa shape index (κ1) is 15.8. The molecule has 3 heterocycles. The highest BCUT2D eigenvalue weighted by Crippen LogP contribution is 2.37. The van der Waals surface area contributed by atoms with Crippen LogP contribution in [-0.2, 0) is 12.8 Å². The van der Waals surface area contributed by atoms with Crippen molar-refractivity contribution in [1.29, 1.82) is 0 Å². The van der Waals surface area contributed by atoms with Crippen LogP contribution in [0.15, 0.2) is 29.6 Å². The quantitative estimate of drug-likeness (QED) is 0.709. The number of nitrogens with one attached hydrogen (secondary N) is 1. The fraction of sp³-hybridized carbons (Fsp3) is 0.263. The Hall–Kier alpha value is -2.38. The first-order chi connectivity index (χ1) is 12.8. The first-order valence-electron chi connectivity index (χ1n) is 8.55. The maximum atomic E-state index is 12.6. The SMILES string of the molecule is O=C(Nc1nc(-c2ccc3c(c2)OCO3)cs1)c1cc2c(s1)CCCC2. The average Bonchev–Trinajstić information content (AvgIpc) is 3.39. The van der Waals surface area contributed by atoms with Crippen molar-refractivity contribution in [3.8, 4) is 22.8 Å². The molecular formula is C19H16N2O3S2. The minimum absolute atomic E-state index is 0.0732. The second-order valence-corrected chi connectivity index (χ2v) is 8.32. The van der Waals surface area contributed by atoms with Gasteiger partial charge in [0.25, 0.3) is 5.91 Å². The van der Waals surface area contributed by atoms with Crippen LogP contribution in [-0.4, -0.2) is 17.7 Å². The highest BCUT2D eigenvalue weighted by Gasteiger charge is 2.19. The van der Waals surface area contributed by atoms with Gasteiger partial charge in [-0.15, -0.1) is 22.7 Å². The lowest BCUT2D eigenvalue weighted by atomic mass is 9.99. The Labute approximate surface area is 158 Å². The molecular weight excluding hydrogens is 368 g/mol. The monoisotopic (exact) mass is 384 g/mol. The van der Waals surface area contributed by atoms with E-state index in [2.05, 4.69) is 10.3 Å². The zero-order chi connectivity index (χ0) is 17.5. The Morgan fingerprint density at radius 3 is 2.92 bits per heavy atom. The van der Waals surface area contributed by atoms with Crippen LogP contribution in [0.25, 0.3) is 11.3 Å². The van der Waals surface area contributed by atoms with Crippen molar-refractivity contribution in [3.63, 3.8) is 0 Å². The number of aryl methyl sites for hydroxylation is 2. The number of anilines is 1. The molecule has 0 fully saturated rings. The predicted molar refractivity (Wildman–Crippen MR) is 103 cm³/mol. The Balaban J connectivity index is 1.34. The predicted octanol–water partition coefficient (Wildman–Crippen LogP) is 4.73. The molecule has 0 bridgehead atoms. The number of nitrogens with zero attached hydrogens (tertiary/aromatic N) is 1. The number of thiophene rings is 1. The van der Waals surface area contributed by atoms with Crippen LogP contribution in [0.4, 0.5) is 5.13 Å². The normalized spacial score (nSPS) is 14.9. The van der Waals surface area contributed by atoms with Crippen molar-refractivity contribution in [2.45, 2.75) is 25.7 Å². The molecule has 1 N–H and O–H groups in total. The summed E-state index contributed by atoms with van der Waals surface area (Å²) in [4.78, 5) is 19.2. The van der Waals surface area contributed by atoms with Crippen LogP contribution in [0.1, 0.15) is 33.0 Å². The first-order valence-corrected chi connectivity index (χ1v) is 10.2. The number of benzene rings is 1. The van der Waals surface area contributed by atoms with E-state index < -0.39 is 0 Å². The van der Waals surface area contributed by atoms with Gasteiger partial charge in [-0.1, -0.05) is 0 Å². The van der Waals surface area contributed by atoms with Gasteiger partial charge in [-0.2, -0.15) is 0 Å². The van der Waals surface area contributed by atoms with E-state index in [0.717, 1.165) is 40.5 Å². The molecule has 2 aromatic heterocycles. The van der Waals surface area contributed by atoms with Crippen LogP contribution in [0.5, 0.6) is 11.5 Å². The van der Waals surface area contributed by atoms with Gasteiger partial charge in [-0.25, -0.2) is 4.98 Å². The van der Waals surface area contributed by atoms with E-state index in [9.17, 15) is 4.79 Å². The van der Waals surface area contributed by atoms with Gasteiger partial charge in [-0.3, -0.25) is 10.1 Å². The Kier molecular flexibility index (Phi) is 3.90. The van der Waals surface area contributed by atoms with Gasteiger partial charge in [0, 0.05) is 15.8 Å². The van der Waals surface area contributed by atoms with Crippen molar-refractivity contribution in [3.05, 3.63) is 45.0 Å². The Morgan fingerprint density at radius 1 is 1.12 bits per heavy atom. The largest absolute Gasteiger partial charge is 0.454 e. The van der Waals surface area contributed by atoms with Crippen LogP contribution in [0, 0.1) is 0 Å². The molecule has 0 atom stereocenters. The minimum atomic E-state index is -0.0732. The Bertz CT molecular complexity index is 969. The number of aromatic nitrogens is 1. The second-order valence-electron chi connectivity index (χ2n) is 6.33. The molecule has 5 nitrogen and oxygen atoms in total. The van der Waals surface area contributed by atoms with Crippen LogP contribution in [0.2, 0.25) is 0 Å². The molecule has 3 aromatic rings. The molecule has 26 heavy (non-hydrogen) atoms. The topological polar surface area (TPSA) is 60.5 Å². The third-order valence-corrected chi connectivity index (χ3v) is 6.61. The molecule has 5 rings (SSSR count). The van der Waals surface area contributed by atoms with E-state index in [1.807, 2.05) is 29.6 Å². The highest BCUT2D eigenvalue weighted by atomic mass is 32.1. The number of rotatable bonds is 3. The number of carbonyl (C=O) groups is 1. The molecule has 1 aliphatic heterocycles. The minimum Gasteiger partial charge on any atom is -0.454 e. The van der Waals surface area contributed by atoms with Crippen molar-refractivity contribution >= 4 is 33.7 Å². The van der Waals surface area contributed by atoms with E-state index >= 15 is 0 Å². The van der Waals surface area contributed by atoms with E-state index in [1.165, 1.54) is 34.6 Å². The maximum Gasteiger partial charge on any atom is 0.267 e. The lowest BCUT2D eigenvalue weighted by Crippen LogP contribution is -2.09. The summed E-state index contributed by atoms with van der Waals surface area (Å²) in [7, 11) is 0. The van der Waals surface area contributed by atoms with Gasteiger partial charge in [0.2, 0.25) is 6.79 Å². The fourth-order valence-electron chi connectivity index (χ4n) is 3.28. The van der Waals surface area contributed by atoms with E-state index in [1.54, 1.807) is 11.3 Å². The number of amides is 1. The van der Waals surface area contributed by atoms with Crippen molar-refractivity contribution < 1.29 is 14.3 Å². The summed E-state index contributed by atoms with van der Waals surface area (Å²) in [5.74, 6) is 1.40. The van der Waals surface area contributed by atoms with Gasteiger partial charge < -0.3 is 9.47 Å². The highest BCUT2D eigenvalue weighted by molar-refractivity contribution is 7.15. The summed E-state index contributed by atoms with van der Waals surface area (Å²) in [6.45, 7) is 0.252. The molecule has 0 saturated carbocycles. The number of hydrogen-bond donors (Lipinski definition) is 1. The molecule has 2 aliphatic rings. The molecule has 7 heteroatoms. The molecule has 1 aliphatic carbocycles. The summed E-state index contributed by atoms with van der Waals surface area (Å²) in [6.07, 6.45) is 4.62. The molecule has 1 amide bonds. The molecule has 0 unspecified atom stereocenters. The molecule has 132 valence electrons. The summed E-state index contributed by atoms with van der Waals surface area (Å²) < 4.78 is 10.7. The van der Waals surface area contributed by atoms with Crippen molar-refractivity contribution in [2.24, 2.45) is 0 Å². The number of thiazole rings is 1. The van der Waals surface area contributed by atoms with Crippen LogP contribution < -0.4 is 14.8 Å². The molecule has 0 saturated heterocycles. The second kappa shape index (κ2) is 6.41. The standard InChI is InChI=1S/C19H16N2O3S2/c22-18(17-8-12-3-1-2-4-16(12)26-17)21-19-20-13(9-25-19)11-5-6-14-15(7-11)24-10-23-14/h5-9H,1-4,10H2,(H,20,21,22). The number of hydrogen-bond acceptors (Lipinski definition) is 6. The summed E-state index contributed by atoms with van der Waals surface area (Å²) in [5.41, 5.74) is 3.10. The van der Waals surface area contributed by atoms with E-state index in [4.69, 9.17) is 9.47 Å². The maximum absolute atomic E-state index is 12.6. The van der Waals surface area contributed by atoms with Gasteiger partial charge in [0.15, 0.2) is 16.6 Å². The third kappa shape index (κ3) is 2.87.